The van der Waals surface area contributed by atoms with Crippen LogP contribution in [0.3, 0.4) is 0 Å². The summed E-state index contributed by atoms with van der Waals surface area (Å²) in [5.41, 5.74) is 9.67. The highest BCUT2D eigenvalue weighted by Gasteiger charge is 2.14. The second-order valence-corrected chi connectivity index (χ2v) is 4.71. The first-order chi connectivity index (χ1) is 9.29. The van der Waals surface area contributed by atoms with E-state index in [-0.39, 0.29) is 5.92 Å². The highest BCUT2D eigenvalue weighted by molar-refractivity contribution is 5.76. The minimum absolute atomic E-state index is 0.284. The summed E-state index contributed by atoms with van der Waals surface area (Å²) in [7, 11) is 0. The topological polar surface area (TPSA) is 52.0 Å². The lowest BCUT2D eigenvalue weighted by Gasteiger charge is -2.12. The van der Waals surface area contributed by atoms with E-state index in [0.717, 1.165) is 16.7 Å². The Morgan fingerprint density at radius 3 is 2.63 bits per heavy atom. The Balaban J connectivity index is 2.15. The third-order valence-corrected chi connectivity index (χ3v) is 3.37. The van der Waals surface area contributed by atoms with E-state index < -0.39 is 0 Å². The maximum Gasteiger partial charge on any atom is 0.227 e. The minimum atomic E-state index is 0.284. The number of para-hydroxylation sites is 2. The Labute approximate surface area is 112 Å². The van der Waals surface area contributed by atoms with E-state index in [2.05, 4.69) is 18.0 Å². The van der Waals surface area contributed by atoms with Crippen molar-refractivity contribution in [1.29, 1.82) is 0 Å². The van der Waals surface area contributed by atoms with E-state index in [9.17, 15) is 0 Å². The molecule has 0 amide bonds. The molecule has 0 bridgehead atoms. The SMILES string of the molecule is CC(CN)c1ccccc1-c1nc2ccccc2o1. The van der Waals surface area contributed by atoms with E-state index in [1.165, 1.54) is 5.56 Å². The largest absolute Gasteiger partial charge is 0.436 e. The van der Waals surface area contributed by atoms with Crippen molar-refractivity contribution in [2.45, 2.75) is 12.8 Å². The molecule has 3 rings (SSSR count). The number of nitrogens with zero attached hydrogens (tertiary/aromatic N) is 1. The lowest BCUT2D eigenvalue weighted by atomic mass is 9.96. The van der Waals surface area contributed by atoms with Crippen molar-refractivity contribution in [1.82, 2.24) is 4.98 Å². The Bertz CT molecular complexity index is 670. The summed E-state index contributed by atoms with van der Waals surface area (Å²) in [5, 5.41) is 0. The van der Waals surface area contributed by atoms with Crippen LogP contribution in [0, 0.1) is 0 Å². The van der Waals surface area contributed by atoms with E-state index in [4.69, 9.17) is 10.2 Å². The molecule has 3 nitrogen and oxygen atoms in total. The fourth-order valence-corrected chi connectivity index (χ4v) is 2.24. The molecule has 0 spiro atoms. The van der Waals surface area contributed by atoms with E-state index in [1.807, 2.05) is 42.5 Å². The van der Waals surface area contributed by atoms with Gasteiger partial charge in [-0.1, -0.05) is 37.3 Å². The maximum atomic E-state index is 5.84. The second-order valence-electron chi connectivity index (χ2n) is 4.71. The highest BCUT2D eigenvalue weighted by atomic mass is 16.3. The number of nitrogens with two attached hydrogens (primary N) is 1. The average Bonchev–Trinajstić information content (AvgIpc) is 2.90. The summed E-state index contributed by atoms with van der Waals surface area (Å²) >= 11 is 0. The van der Waals surface area contributed by atoms with Crippen LogP contribution in [-0.4, -0.2) is 11.5 Å². The molecule has 0 aliphatic rings. The van der Waals surface area contributed by atoms with Crippen molar-refractivity contribution in [3.05, 3.63) is 54.1 Å². The first-order valence-electron chi connectivity index (χ1n) is 6.44. The fourth-order valence-electron chi connectivity index (χ4n) is 2.24. The molecule has 0 aliphatic heterocycles. The first-order valence-corrected chi connectivity index (χ1v) is 6.44. The van der Waals surface area contributed by atoms with Crippen LogP contribution in [0.4, 0.5) is 0 Å². The van der Waals surface area contributed by atoms with Crippen LogP contribution in [0.15, 0.2) is 52.9 Å². The first kappa shape index (κ1) is 11.9. The van der Waals surface area contributed by atoms with Crippen molar-refractivity contribution in [3.63, 3.8) is 0 Å². The monoisotopic (exact) mass is 252 g/mol. The Kier molecular flexibility index (Phi) is 3.05. The molecule has 0 fully saturated rings. The Morgan fingerprint density at radius 2 is 1.84 bits per heavy atom. The molecule has 1 unspecified atom stereocenters. The van der Waals surface area contributed by atoms with Gasteiger partial charge in [-0.05, 0) is 36.2 Å². The summed E-state index contributed by atoms with van der Waals surface area (Å²) in [4.78, 5) is 4.55. The van der Waals surface area contributed by atoms with Gasteiger partial charge < -0.3 is 10.2 Å². The molecule has 0 aliphatic carbocycles. The number of fused-ring (bicyclic) bond motifs is 1. The summed E-state index contributed by atoms with van der Waals surface area (Å²) in [5.74, 6) is 0.948. The van der Waals surface area contributed by atoms with Gasteiger partial charge in [0.15, 0.2) is 5.58 Å². The molecule has 96 valence electrons. The summed E-state index contributed by atoms with van der Waals surface area (Å²) in [6.07, 6.45) is 0. The van der Waals surface area contributed by atoms with Crippen LogP contribution in [0.1, 0.15) is 18.4 Å². The van der Waals surface area contributed by atoms with Crippen molar-refractivity contribution in [2.75, 3.05) is 6.54 Å². The number of rotatable bonds is 3. The van der Waals surface area contributed by atoms with E-state index in [1.54, 1.807) is 0 Å². The summed E-state index contributed by atoms with van der Waals surface area (Å²) in [6.45, 7) is 2.72. The molecule has 1 heterocycles. The van der Waals surface area contributed by atoms with Crippen LogP contribution in [0.5, 0.6) is 0 Å². The third kappa shape index (κ3) is 2.13. The van der Waals surface area contributed by atoms with Gasteiger partial charge in [0.25, 0.3) is 0 Å². The zero-order valence-corrected chi connectivity index (χ0v) is 10.8. The van der Waals surface area contributed by atoms with E-state index in [0.29, 0.717) is 12.4 Å². The third-order valence-electron chi connectivity index (χ3n) is 3.37. The predicted molar refractivity (Wildman–Crippen MR) is 76.9 cm³/mol. The Morgan fingerprint density at radius 1 is 1.11 bits per heavy atom. The van der Waals surface area contributed by atoms with Gasteiger partial charge in [-0.15, -0.1) is 0 Å². The molecule has 0 saturated carbocycles. The molecule has 0 saturated heterocycles. The highest BCUT2D eigenvalue weighted by Crippen LogP contribution is 2.30. The van der Waals surface area contributed by atoms with Crippen LogP contribution >= 0.6 is 0 Å². The van der Waals surface area contributed by atoms with Crippen molar-refractivity contribution < 1.29 is 4.42 Å². The summed E-state index contributed by atoms with van der Waals surface area (Å²) in [6, 6.07) is 15.9. The molecule has 1 aromatic heterocycles. The standard InChI is InChI=1S/C16H16N2O/c1-11(10-17)12-6-2-3-7-13(12)16-18-14-8-4-5-9-15(14)19-16/h2-9,11H,10,17H2,1H3. The lowest BCUT2D eigenvalue weighted by molar-refractivity contribution is 0.617. The van der Waals surface area contributed by atoms with Crippen molar-refractivity contribution >= 4 is 11.1 Å². The number of aromatic nitrogens is 1. The van der Waals surface area contributed by atoms with Crippen molar-refractivity contribution in [3.8, 4) is 11.5 Å². The maximum absolute atomic E-state index is 5.84. The van der Waals surface area contributed by atoms with Gasteiger partial charge in [-0.25, -0.2) is 4.98 Å². The van der Waals surface area contributed by atoms with Crippen LogP contribution in [-0.2, 0) is 0 Å². The number of oxazole rings is 1. The zero-order valence-electron chi connectivity index (χ0n) is 10.8. The van der Waals surface area contributed by atoms with Gasteiger partial charge >= 0.3 is 0 Å². The molecule has 2 N–H and O–H groups in total. The average molecular weight is 252 g/mol. The Hall–Kier alpha value is -2.13. The molecule has 1 atom stereocenters. The molecule has 2 aromatic carbocycles. The quantitative estimate of drug-likeness (QED) is 0.775. The normalized spacial score (nSPS) is 12.7. The minimum Gasteiger partial charge on any atom is -0.436 e. The van der Waals surface area contributed by atoms with Gasteiger partial charge in [0.05, 0.1) is 0 Å². The van der Waals surface area contributed by atoms with Crippen molar-refractivity contribution in [2.24, 2.45) is 5.73 Å². The number of hydrogen-bond donors (Lipinski definition) is 1. The second kappa shape index (κ2) is 4.86. The fraction of sp³-hybridized carbons (Fsp3) is 0.188. The molecule has 3 heteroatoms. The van der Waals surface area contributed by atoms with Crippen LogP contribution < -0.4 is 5.73 Å². The van der Waals surface area contributed by atoms with Gasteiger partial charge in [0, 0.05) is 5.56 Å². The molecule has 0 radical (unpaired) electrons. The lowest BCUT2D eigenvalue weighted by Crippen LogP contribution is -2.09. The summed E-state index contributed by atoms with van der Waals surface area (Å²) < 4.78 is 5.84. The molecular weight excluding hydrogens is 236 g/mol. The van der Waals surface area contributed by atoms with Gasteiger partial charge in [-0.2, -0.15) is 0 Å². The van der Waals surface area contributed by atoms with Crippen LogP contribution in [0.2, 0.25) is 0 Å². The van der Waals surface area contributed by atoms with E-state index >= 15 is 0 Å². The smallest absolute Gasteiger partial charge is 0.227 e. The molecular formula is C16H16N2O. The van der Waals surface area contributed by atoms with Gasteiger partial charge in [0.1, 0.15) is 5.52 Å². The molecule has 3 aromatic rings. The zero-order chi connectivity index (χ0) is 13.2. The molecule has 19 heavy (non-hydrogen) atoms. The number of benzene rings is 2. The predicted octanol–water partition coefficient (Wildman–Crippen LogP) is 3.56. The van der Waals surface area contributed by atoms with Gasteiger partial charge in [0.2, 0.25) is 5.89 Å². The van der Waals surface area contributed by atoms with Crippen LogP contribution in [0.25, 0.3) is 22.6 Å². The number of hydrogen-bond acceptors (Lipinski definition) is 3. The van der Waals surface area contributed by atoms with Gasteiger partial charge in [-0.3, -0.25) is 0 Å².